The monoisotopic (exact) mass is 431 g/mol. The van der Waals surface area contributed by atoms with Crippen LogP contribution in [0, 0.1) is 24.2 Å². The summed E-state index contributed by atoms with van der Waals surface area (Å²) in [7, 11) is 0. The van der Waals surface area contributed by atoms with E-state index in [4.69, 9.17) is 9.47 Å². The predicted molar refractivity (Wildman–Crippen MR) is 123 cm³/mol. The van der Waals surface area contributed by atoms with E-state index in [-0.39, 0.29) is 11.9 Å². The van der Waals surface area contributed by atoms with Crippen molar-refractivity contribution in [1.29, 1.82) is 5.26 Å². The van der Waals surface area contributed by atoms with Crippen LogP contribution in [0.4, 0.5) is 0 Å². The fraction of sp³-hybridized carbons (Fsp3) is 0.480. The van der Waals surface area contributed by atoms with Crippen molar-refractivity contribution in [3.8, 4) is 23.1 Å². The highest BCUT2D eigenvalue weighted by Gasteiger charge is 2.22. The molecular formula is C25H29N5O2. The van der Waals surface area contributed by atoms with Crippen LogP contribution in [0.1, 0.15) is 43.1 Å². The van der Waals surface area contributed by atoms with E-state index in [1.165, 1.54) is 12.8 Å². The summed E-state index contributed by atoms with van der Waals surface area (Å²) in [4.78, 5) is 9.08. The zero-order valence-electron chi connectivity index (χ0n) is 18.5. The number of nitrogens with zero attached hydrogens (tertiary/aromatic N) is 4. The second-order valence-electron chi connectivity index (χ2n) is 8.80. The number of benzene rings is 1. The molecule has 1 atom stereocenters. The van der Waals surface area contributed by atoms with Gasteiger partial charge < -0.3 is 19.4 Å². The molecule has 1 N–H and O–H groups in total. The Bertz CT molecular complexity index is 1140. The van der Waals surface area contributed by atoms with Crippen molar-refractivity contribution in [2.75, 3.05) is 32.9 Å². The van der Waals surface area contributed by atoms with Crippen LogP contribution in [0.15, 0.2) is 30.5 Å². The minimum Gasteiger partial charge on any atom is -0.493 e. The lowest BCUT2D eigenvalue weighted by atomic mass is 9.95. The van der Waals surface area contributed by atoms with Crippen LogP contribution in [0.2, 0.25) is 0 Å². The molecule has 5 rings (SSSR count). The van der Waals surface area contributed by atoms with Crippen molar-refractivity contribution in [2.24, 2.45) is 5.92 Å². The molecule has 166 valence electrons. The number of nitrogens with one attached hydrogen (secondary N) is 1. The second kappa shape index (κ2) is 9.27. The quantitative estimate of drug-likeness (QED) is 0.635. The van der Waals surface area contributed by atoms with Gasteiger partial charge in [-0.1, -0.05) is 0 Å². The minimum absolute atomic E-state index is 0.186. The first-order valence-corrected chi connectivity index (χ1v) is 11.5. The minimum atomic E-state index is 0.186. The largest absolute Gasteiger partial charge is 0.493 e. The van der Waals surface area contributed by atoms with Gasteiger partial charge in [-0.3, -0.25) is 0 Å². The Morgan fingerprint density at radius 3 is 2.84 bits per heavy atom. The molecule has 1 unspecified atom stereocenters. The van der Waals surface area contributed by atoms with E-state index in [1.54, 1.807) is 0 Å². The molecule has 7 heteroatoms. The average molecular weight is 432 g/mol. The number of hydrogen-bond acceptors (Lipinski definition) is 6. The van der Waals surface area contributed by atoms with Gasteiger partial charge in [-0.2, -0.15) is 5.26 Å². The molecular weight excluding hydrogens is 402 g/mol. The summed E-state index contributed by atoms with van der Waals surface area (Å²) in [5.41, 5.74) is 3.62. The Kier molecular flexibility index (Phi) is 6.06. The Morgan fingerprint density at radius 1 is 1.22 bits per heavy atom. The Morgan fingerprint density at radius 2 is 2.09 bits per heavy atom. The van der Waals surface area contributed by atoms with Crippen LogP contribution in [-0.4, -0.2) is 47.4 Å². The van der Waals surface area contributed by atoms with Gasteiger partial charge in [-0.25, -0.2) is 9.97 Å². The van der Waals surface area contributed by atoms with Crippen LogP contribution >= 0.6 is 0 Å². The van der Waals surface area contributed by atoms with Crippen molar-refractivity contribution in [3.63, 3.8) is 0 Å². The summed E-state index contributed by atoms with van der Waals surface area (Å²) < 4.78 is 13.8. The first kappa shape index (κ1) is 20.9. The first-order chi connectivity index (χ1) is 15.7. The summed E-state index contributed by atoms with van der Waals surface area (Å²) in [6.45, 7) is 6.47. The van der Waals surface area contributed by atoms with Crippen molar-refractivity contribution < 1.29 is 9.47 Å². The fourth-order valence-corrected chi connectivity index (χ4v) is 4.80. The van der Waals surface area contributed by atoms with Crippen LogP contribution < -0.4 is 10.1 Å². The molecule has 1 aromatic carbocycles. The lowest BCUT2D eigenvalue weighted by Gasteiger charge is -2.22. The zero-order valence-corrected chi connectivity index (χ0v) is 18.5. The number of fused-ring (bicyclic) bond motifs is 1. The van der Waals surface area contributed by atoms with E-state index in [0.717, 1.165) is 78.7 Å². The lowest BCUT2D eigenvalue weighted by Crippen LogP contribution is -2.28. The van der Waals surface area contributed by atoms with Crippen LogP contribution in [0.3, 0.4) is 0 Å². The molecule has 0 saturated carbocycles. The summed E-state index contributed by atoms with van der Waals surface area (Å²) >= 11 is 0. The number of hydrogen-bond donors (Lipinski definition) is 1. The molecule has 2 aliphatic rings. The highest BCUT2D eigenvalue weighted by Crippen LogP contribution is 2.33. The zero-order chi connectivity index (χ0) is 21.9. The maximum Gasteiger partial charge on any atom is 0.234 e. The van der Waals surface area contributed by atoms with Crippen molar-refractivity contribution in [3.05, 3.63) is 41.9 Å². The van der Waals surface area contributed by atoms with Gasteiger partial charge in [-0.05, 0) is 81.4 Å². The topological polar surface area (TPSA) is 85.0 Å². The van der Waals surface area contributed by atoms with Gasteiger partial charge in [0.15, 0.2) is 0 Å². The molecule has 0 aliphatic carbocycles. The van der Waals surface area contributed by atoms with E-state index < -0.39 is 0 Å². The molecule has 2 saturated heterocycles. The van der Waals surface area contributed by atoms with Gasteiger partial charge in [0.25, 0.3) is 0 Å². The second-order valence-corrected chi connectivity index (χ2v) is 8.80. The first-order valence-electron chi connectivity index (χ1n) is 11.5. The summed E-state index contributed by atoms with van der Waals surface area (Å²) in [6, 6.07) is 10.6. The maximum absolute atomic E-state index is 9.53. The van der Waals surface area contributed by atoms with Crippen molar-refractivity contribution in [1.82, 2.24) is 19.9 Å². The van der Waals surface area contributed by atoms with E-state index in [1.807, 2.05) is 24.4 Å². The van der Waals surface area contributed by atoms with E-state index in [0.29, 0.717) is 6.61 Å². The summed E-state index contributed by atoms with van der Waals surface area (Å²) in [5, 5.41) is 13.9. The molecule has 2 aromatic heterocycles. The number of nitriles is 1. The van der Waals surface area contributed by atoms with Crippen LogP contribution in [0.5, 0.6) is 5.75 Å². The molecule has 0 bridgehead atoms. The Hall–Kier alpha value is -2.95. The molecule has 4 heterocycles. The fourth-order valence-electron chi connectivity index (χ4n) is 4.80. The molecule has 0 radical (unpaired) electrons. The molecule has 2 aliphatic heterocycles. The Balaban J connectivity index is 1.39. The number of rotatable bonds is 6. The number of aromatic nitrogens is 3. The summed E-state index contributed by atoms with van der Waals surface area (Å²) in [5.74, 6) is 1.85. The maximum atomic E-state index is 9.53. The predicted octanol–water partition coefficient (Wildman–Crippen LogP) is 4.01. The number of ether oxygens (including phenoxy) is 2. The number of aryl methyl sites for hydroxylation is 1. The molecule has 32 heavy (non-hydrogen) atoms. The standard InChI is InChI=1S/C25H29N5O2/c1-17-14-19(2-3-22(17)32-13-7-18-4-9-27-10-5-18)24-21-6-11-30(20-8-12-31-16-20)25(21)29-23(15-26)28-24/h2-3,6,11,14,18,20,27H,4-5,7-10,12-13,16H2,1H3. The van der Waals surface area contributed by atoms with E-state index >= 15 is 0 Å². The van der Waals surface area contributed by atoms with Crippen LogP contribution in [-0.2, 0) is 4.74 Å². The average Bonchev–Trinajstić information content (AvgIpc) is 3.50. The van der Waals surface area contributed by atoms with E-state index in [2.05, 4.69) is 38.9 Å². The van der Waals surface area contributed by atoms with Gasteiger partial charge in [0.1, 0.15) is 17.5 Å². The van der Waals surface area contributed by atoms with Gasteiger partial charge >= 0.3 is 0 Å². The normalized spacial score (nSPS) is 19.3. The van der Waals surface area contributed by atoms with Crippen molar-refractivity contribution >= 4 is 11.0 Å². The van der Waals surface area contributed by atoms with Crippen LogP contribution in [0.25, 0.3) is 22.3 Å². The Labute approximate surface area is 188 Å². The SMILES string of the molecule is Cc1cc(-c2nc(C#N)nc3c2ccn3C2CCOC2)ccc1OCCC1CCNCC1. The van der Waals surface area contributed by atoms with Gasteiger partial charge in [0.05, 0.1) is 24.9 Å². The van der Waals surface area contributed by atoms with E-state index in [9.17, 15) is 5.26 Å². The lowest BCUT2D eigenvalue weighted by molar-refractivity contribution is 0.187. The third-order valence-electron chi connectivity index (χ3n) is 6.66. The molecule has 2 fully saturated rings. The summed E-state index contributed by atoms with van der Waals surface area (Å²) in [6.07, 6.45) is 6.55. The highest BCUT2D eigenvalue weighted by atomic mass is 16.5. The van der Waals surface area contributed by atoms with Gasteiger partial charge in [0.2, 0.25) is 5.82 Å². The molecule has 7 nitrogen and oxygen atoms in total. The molecule has 0 spiro atoms. The molecule has 0 amide bonds. The van der Waals surface area contributed by atoms with Gasteiger partial charge in [-0.15, -0.1) is 0 Å². The molecule has 3 aromatic rings. The van der Waals surface area contributed by atoms with Gasteiger partial charge in [0, 0.05) is 23.8 Å². The third kappa shape index (κ3) is 4.21. The third-order valence-corrected chi connectivity index (χ3v) is 6.66. The van der Waals surface area contributed by atoms with Crippen molar-refractivity contribution in [2.45, 2.75) is 38.6 Å². The number of piperidine rings is 1. The smallest absolute Gasteiger partial charge is 0.234 e. The highest BCUT2D eigenvalue weighted by molar-refractivity contribution is 5.91.